The molecular formula is C9H10N2O3S. The Bertz CT molecular complexity index is 415. The second kappa shape index (κ2) is 3.62. The Kier molecular flexibility index (Phi) is 2.44. The molecule has 2 heterocycles. The van der Waals surface area contributed by atoms with Crippen molar-refractivity contribution in [2.24, 2.45) is 5.92 Å². The van der Waals surface area contributed by atoms with Crippen molar-refractivity contribution in [3.05, 3.63) is 11.8 Å². The summed E-state index contributed by atoms with van der Waals surface area (Å²) in [6.07, 6.45) is 0.0896. The van der Waals surface area contributed by atoms with E-state index in [9.17, 15) is 9.59 Å². The van der Waals surface area contributed by atoms with E-state index in [1.165, 1.54) is 16.4 Å². The third kappa shape index (κ3) is 1.85. The minimum absolute atomic E-state index is 0.0896. The number of aromatic nitrogens is 1. The van der Waals surface area contributed by atoms with E-state index in [2.05, 4.69) is 4.37 Å². The van der Waals surface area contributed by atoms with Gasteiger partial charge in [-0.05, 0) is 24.5 Å². The van der Waals surface area contributed by atoms with Crippen LogP contribution in [-0.4, -0.2) is 27.9 Å². The smallest absolute Gasteiger partial charge is 0.308 e. The van der Waals surface area contributed by atoms with Gasteiger partial charge in [-0.2, -0.15) is 4.37 Å². The van der Waals surface area contributed by atoms with Crippen molar-refractivity contribution >= 4 is 28.4 Å². The molecule has 6 heteroatoms. The summed E-state index contributed by atoms with van der Waals surface area (Å²) in [5.41, 5.74) is 0.849. The molecule has 1 aliphatic rings. The van der Waals surface area contributed by atoms with Gasteiger partial charge in [-0.25, -0.2) is 0 Å². The first kappa shape index (κ1) is 10.1. The van der Waals surface area contributed by atoms with Crippen molar-refractivity contribution in [3.63, 3.8) is 0 Å². The maximum atomic E-state index is 11.5. The molecule has 1 amide bonds. The number of carboxylic acids is 1. The monoisotopic (exact) mass is 226 g/mol. The number of hydrogen-bond acceptors (Lipinski definition) is 4. The second-order valence-corrected chi connectivity index (χ2v) is 4.33. The summed E-state index contributed by atoms with van der Waals surface area (Å²) < 4.78 is 4.07. The molecule has 2 rings (SSSR count). The van der Waals surface area contributed by atoms with Gasteiger partial charge >= 0.3 is 5.97 Å². The van der Waals surface area contributed by atoms with Crippen LogP contribution in [0.15, 0.2) is 6.07 Å². The van der Waals surface area contributed by atoms with E-state index in [1.54, 1.807) is 6.07 Å². The minimum Gasteiger partial charge on any atom is -0.481 e. The summed E-state index contributed by atoms with van der Waals surface area (Å²) in [6.45, 7) is 2.10. The van der Waals surface area contributed by atoms with Crippen molar-refractivity contribution in [1.82, 2.24) is 4.37 Å². The van der Waals surface area contributed by atoms with Crippen molar-refractivity contribution in [1.29, 1.82) is 0 Å². The zero-order chi connectivity index (χ0) is 11.0. The van der Waals surface area contributed by atoms with Crippen LogP contribution in [0.2, 0.25) is 0 Å². The summed E-state index contributed by atoms with van der Waals surface area (Å²) >= 11 is 1.23. The highest BCUT2D eigenvalue weighted by molar-refractivity contribution is 7.10. The van der Waals surface area contributed by atoms with E-state index in [0.29, 0.717) is 0 Å². The molecule has 1 aliphatic heterocycles. The molecule has 5 nitrogen and oxygen atoms in total. The van der Waals surface area contributed by atoms with Gasteiger partial charge in [0.2, 0.25) is 5.91 Å². The molecule has 1 saturated heterocycles. The van der Waals surface area contributed by atoms with Gasteiger partial charge < -0.3 is 10.0 Å². The van der Waals surface area contributed by atoms with Crippen LogP contribution in [0.4, 0.5) is 5.00 Å². The average molecular weight is 226 g/mol. The van der Waals surface area contributed by atoms with Gasteiger partial charge in [-0.3, -0.25) is 9.59 Å². The van der Waals surface area contributed by atoms with Crippen molar-refractivity contribution in [2.45, 2.75) is 13.3 Å². The third-order valence-corrected chi connectivity index (χ3v) is 3.26. The van der Waals surface area contributed by atoms with Crippen molar-refractivity contribution < 1.29 is 14.7 Å². The molecule has 15 heavy (non-hydrogen) atoms. The van der Waals surface area contributed by atoms with Gasteiger partial charge in [-0.15, -0.1) is 0 Å². The Morgan fingerprint density at radius 1 is 1.73 bits per heavy atom. The molecule has 0 saturated carbocycles. The summed E-state index contributed by atoms with van der Waals surface area (Å²) in [4.78, 5) is 23.8. The first-order valence-corrected chi connectivity index (χ1v) is 5.32. The summed E-state index contributed by atoms with van der Waals surface area (Å²) in [5, 5.41) is 9.55. The van der Waals surface area contributed by atoms with Crippen LogP contribution in [0.5, 0.6) is 0 Å². The number of rotatable bonds is 2. The molecule has 1 aromatic rings. The molecule has 1 fully saturated rings. The first-order valence-electron chi connectivity index (χ1n) is 4.54. The molecule has 1 unspecified atom stereocenters. The Labute approximate surface area is 90.5 Å². The third-order valence-electron chi connectivity index (χ3n) is 2.36. The number of anilines is 1. The van der Waals surface area contributed by atoms with Gasteiger partial charge in [0.05, 0.1) is 11.6 Å². The Balaban J connectivity index is 2.18. The predicted molar refractivity (Wildman–Crippen MR) is 54.9 cm³/mol. The molecule has 0 spiro atoms. The molecule has 1 N–H and O–H groups in total. The number of aliphatic carboxylic acids is 1. The zero-order valence-electron chi connectivity index (χ0n) is 8.14. The van der Waals surface area contributed by atoms with E-state index in [1.807, 2.05) is 6.92 Å². The van der Waals surface area contributed by atoms with Crippen LogP contribution in [0.25, 0.3) is 0 Å². The number of nitrogens with zero attached hydrogens (tertiary/aromatic N) is 2. The molecule has 1 aromatic heterocycles. The lowest BCUT2D eigenvalue weighted by atomic mass is 10.1. The quantitative estimate of drug-likeness (QED) is 0.813. The fourth-order valence-electron chi connectivity index (χ4n) is 1.56. The van der Waals surface area contributed by atoms with Gasteiger partial charge in [-0.1, -0.05) is 0 Å². The Morgan fingerprint density at radius 3 is 2.93 bits per heavy atom. The van der Waals surface area contributed by atoms with Crippen LogP contribution in [0.3, 0.4) is 0 Å². The van der Waals surface area contributed by atoms with Crippen molar-refractivity contribution in [3.8, 4) is 0 Å². The van der Waals surface area contributed by atoms with Gasteiger partial charge in [0, 0.05) is 13.0 Å². The van der Waals surface area contributed by atoms with E-state index in [0.717, 1.165) is 10.7 Å². The molecule has 0 bridgehead atoms. The lowest BCUT2D eigenvalue weighted by Gasteiger charge is -2.11. The fraction of sp³-hybridized carbons (Fsp3) is 0.444. The minimum atomic E-state index is -0.910. The number of carboxylic acid groups (broad SMARTS) is 1. The number of amides is 1. The normalized spacial score (nSPS) is 21.0. The summed E-state index contributed by atoms with van der Waals surface area (Å²) in [5.74, 6) is -1.63. The summed E-state index contributed by atoms with van der Waals surface area (Å²) in [6, 6.07) is 1.80. The number of carbonyl (C=O) groups is 2. The van der Waals surface area contributed by atoms with Crippen LogP contribution in [-0.2, 0) is 9.59 Å². The van der Waals surface area contributed by atoms with E-state index in [-0.39, 0.29) is 18.9 Å². The van der Waals surface area contributed by atoms with E-state index >= 15 is 0 Å². The maximum Gasteiger partial charge on any atom is 0.308 e. The summed E-state index contributed by atoms with van der Waals surface area (Å²) in [7, 11) is 0. The van der Waals surface area contributed by atoms with Crippen LogP contribution < -0.4 is 4.90 Å². The largest absolute Gasteiger partial charge is 0.481 e. The Hall–Kier alpha value is -1.43. The maximum absolute atomic E-state index is 11.5. The van der Waals surface area contributed by atoms with E-state index < -0.39 is 11.9 Å². The highest BCUT2D eigenvalue weighted by Crippen LogP contribution is 2.28. The molecule has 1 atom stereocenters. The number of aryl methyl sites for hydroxylation is 1. The van der Waals surface area contributed by atoms with Crippen LogP contribution >= 0.6 is 11.5 Å². The van der Waals surface area contributed by atoms with Crippen LogP contribution in [0.1, 0.15) is 12.1 Å². The molecular weight excluding hydrogens is 216 g/mol. The number of carbonyl (C=O) groups excluding carboxylic acids is 1. The predicted octanol–water partition coefficient (Wildman–Crippen LogP) is 0.889. The highest BCUT2D eigenvalue weighted by Gasteiger charge is 2.35. The fourth-order valence-corrected chi connectivity index (χ4v) is 2.35. The highest BCUT2D eigenvalue weighted by atomic mass is 32.1. The first-order chi connectivity index (χ1) is 7.08. The molecule has 0 aromatic carbocycles. The van der Waals surface area contributed by atoms with Crippen molar-refractivity contribution in [2.75, 3.05) is 11.4 Å². The topological polar surface area (TPSA) is 70.5 Å². The van der Waals surface area contributed by atoms with Gasteiger partial charge in [0.15, 0.2) is 0 Å². The average Bonchev–Trinajstić information content (AvgIpc) is 2.71. The standard InChI is InChI=1S/C9H10N2O3S/c1-5-2-8(15-10-5)11-4-6(9(13)14)3-7(11)12/h2,6H,3-4H2,1H3,(H,13,14). The zero-order valence-corrected chi connectivity index (χ0v) is 8.95. The molecule has 0 aliphatic carbocycles. The Morgan fingerprint density at radius 2 is 2.47 bits per heavy atom. The van der Waals surface area contributed by atoms with Gasteiger partial charge in [0.25, 0.3) is 0 Å². The lowest BCUT2D eigenvalue weighted by molar-refractivity contribution is -0.141. The number of hydrogen-bond donors (Lipinski definition) is 1. The SMILES string of the molecule is Cc1cc(N2CC(C(=O)O)CC2=O)sn1. The second-order valence-electron chi connectivity index (χ2n) is 3.55. The van der Waals surface area contributed by atoms with Crippen LogP contribution in [0, 0.1) is 12.8 Å². The van der Waals surface area contributed by atoms with E-state index in [4.69, 9.17) is 5.11 Å². The molecule has 0 radical (unpaired) electrons. The molecule has 80 valence electrons. The van der Waals surface area contributed by atoms with Gasteiger partial charge in [0.1, 0.15) is 5.00 Å². The lowest BCUT2D eigenvalue weighted by Crippen LogP contribution is -2.24.